The molecule has 1 fully saturated rings. The van der Waals surface area contributed by atoms with Crippen LogP contribution < -0.4 is 14.8 Å². The molecule has 0 amide bonds. The van der Waals surface area contributed by atoms with E-state index in [1.54, 1.807) is 20.4 Å². The van der Waals surface area contributed by atoms with E-state index in [0.29, 0.717) is 11.8 Å². The molecule has 19 heavy (non-hydrogen) atoms. The van der Waals surface area contributed by atoms with Crippen molar-refractivity contribution in [3.05, 3.63) is 11.9 Å². The lowest BCUT2D eigenvalue weighted by molar-refractivity contribution is 0.340. The first-order valence-electron chi connectivity index (χ1n) is 6.40. The third-order valence-electron chi connectivity index (χ3n) is 3.57. The second-order valence-corrected chi connectivity index (χ2v) is 6.42. The predicted octanol–water partition coefficient (Wildman–Crippen LogP) is 2.04. The molecule has 1 aliphatic rings. The summed E-state index contributed by atoms with van der Waals surface area (Å²) in [7, 11) is 5.15. The quantitative estimate of drug-likeness (QED) is 0.892. The molecule has 6 heteroatoms. The number of aromatic nitrogens is 2. The lowest BCUT2D eigenvalue weighted by Gasteiger charge is -2.33. The van der Waals surface area contributed by atoms with Gasteiger partial charge in [0.1, 0.15) is 5.69 Å². The molecule has 2 rings (SSSR count). The first-order chi connectivity index (χ1) is 9.14. The van der Waals surface area contributed by atoms with Gasteiger partial charge in [-0.1, -0.05) is 0 Å². The monoisotopic (exact) mass is 283 g/mol. The van der Waals surface area contributed by atoms with Gasteiger partial charge in [-0.25, -0.2) is 4.98 Å². The molecule has 0 bridgehead atoms. The molecule has 2 heterocycles. The SMILES string of the molecule is CNC(c1ncc(OC)nc1OC)C1(C)CCCS1. The van der Waals surface area contributed by atoms with E-state index in [1.807, 2.05) is 18.8 Å². The zero-order valence-electron chi connectivity index (χ0n) is 11.9. The number of hydrogen-bond donors (Lipinski definition) is 1. The van der Waals surface area contributed by atoms with Crippen LogP contribution >= 0.6 is 11.8 Å². The second-order valence-electron chi connectivity index (χ2n) is 4.79. The molecular weight excluding hydrogens is 262 g/mol. The second kappa shape index (κ2) is 5.96. The number of thioether (sulfide) groups is 1. The molecule has 2 atom stereocenters. The molecule has 0 aliphatic carbocycles. The van der Waals surface area contributed by atoms with Gasteiger partial charge < -0.3 is 14.8 Å². The van der Waals surface area contributed by atoms with Gasteiger partial charge in [-0.2, -0.15) is 16.7 Å². The summed E-state index contributed by atoms with van der Waals surface area (Å²) in [6.07, 6.45) is 4.05. The van der Waals surface area contributed by atoms with E-state index in [4.69, 9.17) is 9.47 Å². The van der Waals surface area contributed by atoms with Crippen molar-refractivity contribution >= 4 is 11.8 Å². The number of hydrogen-bond acceptors (Lipinski definition) is 6. The Morgan fingerprint density at radius 2 is 2.21 bits per heavy atom. The highest BCUT2D eigenvalue weighted by Gasteiger charge is 2.40. The lowest BCUT2D eigenvalue weighted by atomic mass is 9.93. The Bertz CT molecular complexity index is 436. The molecule has 1 aromatic heterocycles. The predicted molar refractivity (Wildman–Crippen MR) is 77.0 cm³/mol. The normalized spacial score (nSPS) is 24.2. The van der Waals surface area contributed by atoms with Gasteiger partial charge in [-0.05, 0) is 32.6 Å². The molecule has 2 unspecified atom stereocenters. The molecule has 0 aromatic carbocycles. The summed E-state index contributed by atoms with van der Waals surface area (Å²) < 4.78 is 10.6. The van der Waals surface area contributed by atoms with Gasteiger partial charge in [0.2, 0.25) is 11.8 Å². The maximum absolute atomic E-state index is 5.37. The Hall–Kier alpha value is -1.01. The van der Waals surface area contributed by atoms with E-state index in [1.165, 1.54) is 18.6 Å². The minimum absolute atomic E-state index is 0.119. The molecule has 0 radical (unpaired) electrons. The summed E-state index contributed by atoms with van der Waals surface area (Å²) in [5.41, 5.74) is 0.850. The van der Waals surface area contributed by atoms with E-state index in [9.17, 15) is 0 Å². The fourth-order valence-corrected chi connectivity index (χ4v) is 4.01. The van der Waals surface area contributed by atoms with Crippen LogP contribution in [0.3, 0.4) is 0 Å². The van der Waals surface area contributed by atoms with Crippen LogP contribution in [0.1, 0.15) is 31.5 Å². The molecule has 106 valence electrons. The van der Waals surface area contributed by atoms with E-state index in [0.717, 1.165) is 5.69 Å². The third kappa shape index (κ3) is 2.79. The Labute approximate surface area is 118 Å². The summed E-state index contributed by atoms with van der Waals surface area (Å²) in [6.45, 7) is 2.27. The van der Waals surface area contributed by atoms with Crippen LogP contribution in [0.2, 0.25) is 0 Å². The first-order valence-corrected chi connectivity index (χ1v) is 7.39. The number of methoxy groups -OCH3 is 2. The molecule has 1 aromatic rings. The van der Waals surface area contributed by atoms with Gasteiger partial charge in [0.05, 0.1) is 26.5 Å². The average Bonchev–Trinajstić information content (AvgIpc) is 2.87. The van der Waals surface area contributed by atoms with Gasteiger partial charge in [-0.15, -0.1) is 0 Å². The molecule has 5 nitrogen and oxygen atoms in total. The maximum atomic E-state index is 5.37. The summed E-state index contributed by atoms with van der Waals surface area (Å²) in [5.74, 6) is 2.20. The molecule has 1 aliphatic heterocycles. The fraction of sp³-hybridized carbons (Fsp3) is 0.692. The zero-order valence-corrected chi connectivity index (χ0v) is 12.7. The van der Waals surface area contributed by atoms with Crippen LogP contribution in [-0.4, -0.2) is 41.7 Å². The zero-order chi connectivity index (χ0) is 13.9. The van der Waals surface area contributed by atoms with Crippen LogP contribution in [0.25, 0.3) is 0 Å². The molecule has 0 spiro atoms. The van der Waals surface area contributed by atoms with Crippen molar-refractivity contribution in [1.29, 1.82) is 0 Å². The van der Waals surface area contributed by atoms with Crippen molar-refractivity contribution in [1.82, 2.24) is 15.3 Å². The minimum Gasteiger partial charge on any atom is -0.480 e. The van der Waals surface area contributed by atoms with Gasteiger partial charge >= 0.3 is 0 Å². The Kier molecular flexibility index (Phi) is 4.52. The van der Waals surface area contributed by atoms with E-state index in [2.05, 4.69) is 22.2 Å². The fourth-order valence-electron chi connectivity index (χ4n) is 2.57. The summed E-state index contributed by atoms with van der Waals surface area (Å²) in [5, 5.41) is 3.37. The van der Waals surface area contributed by atoms with Crippen molar-refractivity contribution in [2.75, 3.05) is 27.0 Å². The highest BCUT2D eigenvalue weighted by atomic mass is 32.2. The molecular formula is C13H21N3O2S. The summed E-state index contributed by atoms with van der Waals surface area (Å²) in [6, 6.07) is 0.119. The highest BCUT2D eigenvalue weighted by molar-refractivity contribution is 8.00. The summed E-state index contributed by atoms with van der Waals surface area (Å²) >= 11 is 1.98. The van der Waals surface area contributed by atoms with Gasteiger partial charge in [0.25, 0.3) is 0 Å². The van der Waals surface area contributed by atoms with Crippen molar-refractivity contribution in [3.63, 3.8) is 0 Å². The Morgan fingerprint density at radius 3 is 2.74 bits per heavy atom. The van der Waals surface area contributed by atoms with E-state index in [-0.39, 0.29) is 10.8 Å². The van der Waals surface area contributed by atoms with Crippen LogP contribution in [0.15, 0.2) is 6.20 Å². The standard InChI is InChI=1S/C13H21N3O2S/c1-13(6-5-7-19-13)11(14-2)10-12(18-4)16-9(17-3)8-15-10/h8,11,14H,5-7H2,1-4H3. The van der Waals surface area contributed by atoms with E-state index < -0.39 is 0 Å². The third-order valence-corrected chi connectivity index (χ3v) is 5.16. The van der Waals surface area contributed by atoms with Crippen molar-refractivity contribution in [3.8, 4) is 11.8 Å². The Morgan fingerprint density at radius 1 is 1.42 bits per heavy atom. The lowest BCUT2D eigenvalue weighted by Crippen LogP contribution is -2.36. The van der Waals surface area contributed by atoms with Crippen molar-refractivity contribution in [2.45, 2.75) is 30.6 Å². The maximum Gasteiger partial charge on any atom is 0.240 e. The Balaban J connectivity index is 2.37. The van der Waals surface area contributed by atoms with Crippen LogP contribution in [0, 0.1) is 0 Å². The van der Waals surface area contributed by atoms with Crippen molar-refractivity contribution in [2.24, 2.45) is 0 Å². The number of rotatable bonds is 5. The van der Waals surface area contributed by atoms with Crippen LogP contribution in [0.5, 0.6) is 11.8 Å². The van der Waals surface area contributed by atoms with Crippen LogP contribution in [-0.2, 0) is 0 Å². The molecule has 1 saturated heterocycles. The number of nitrogens with one attached hydrogen (secondary N) is 1. The summed E-state index contributed by atoms with van der Waals surface area (Å²) in [4.78, 5) is 8.82. The highest BCUT2D eigenvalue weighted by Crippen LogP contribution is 2.47. The topological polar surface area (TPSA) is 56.3 Å². The molecule has 1 N–H and O–H groups in total. The number of nitrogens with zero attached hydrogens (tertiary/aromatic N) is 2. The van der Waals surface area contributed by atoms with E-state index >= 15 is 0 Å². The van der Waals surface area contributed by atoms with Crippen molar-refractivity contribution < 1.29 is 9.47 Å². The van der Waals surface area contributed by atoms with Gasteiger partial charge in [-0.3, -0.25) is 0 Å². The number of ether oxygens (including phenoxy) is 2. The first kappa shape index (κ1) is 14.4. The largest absolute Gasteiger partial charge is 0.480 e. The molecule has 0 saturated carbocycles. The van der Waals surface area contributed by atoms with Gasteiger partial charge in [0, 0.05) is 4.75 Å². The smallest absolute Gasteiger partial charge is 0.240 e. The average molecular weight is 283 g/mol. The van der Waals surface area contributed by atoms with Gasteiger partial charge in [0.15, 0.2) is 0 Å². The van der Waals surface area contributed by atoms with Crippen LogP contribution in [0.4, 0.5) is 0 Å². The minimum atomic E-state index is 0.119.